The second-order valence-corrected chi connectivity index (χ2v) is 5.65. The quantitative estimate of drug-likeness (QED) is 0.852. The van der Waals surface area contributed by atoms with Gasteiger partial charge in [-0.2, -0.15) is 0 Å². The maximum atomic E-state index is 5.98. The minimum atomic E-state index is 0.719. The lowest BCUT2D eigenvalue weighted by atomic mass is 10.2. The van der Waals surface area contributed by atoms with E-state index in [1.54, 1.807) is 0 Å². The zero-order valence-corrected chi connectivity index (χ0v) is 13.2. The molecule has 0 saturated heterocycles. The summed E-state index contributed by atoms with van der Waals surface area (Å²) >= 11 is 9.42. The summed E-state index contributed by atoms with van der Waals surface area (Å²) in [7, 11) is 1.91. The molecule has 4 heteroatoms. The van der Waals surface area contributed by atoms with Crippen LogP contribution in [0, 0.1) is 6.92 Å². The second kappa shape index (κ2) is 6.42. The van der Waals surface area contributed by atoms with Crippen LogP contribution in [0.4, 0.5) is 0 Å². The Morgan fingerprint density at radius 3 is 2.58 bits per heavy atom. The van der Waals surface area contributed by atoms with Crippen LogP contribution in [0.25, 0.3) is 0 Å². The second-order valence-electron chi connectivity index (χ2n) is 4.29. The van der Waals surface area contributed by atoms with Crippen molar-refractivity contribution in [3.63, 3.8) is 0 Å². The first kappa shape index (κ1) is 14.4. The summed E-state index contributed by atoms with van der Waals surface area (Å²) in [6.07, 6.45) is 0. The van der Waals surface area contributed by atoms with Crippen LogP contribution in [0.2, 0.25) is 5.02 Å². The third kappa shape index (κ3) is 3.72. The molecule has 0 atom stereocenters. The lowest BCUT2D eigenvalue weighted by Gasteiger charge is -2.13. The first-order valence-electron chi connectivity index (χ1n) is 5.97. The molecule has 0 aliphatic heterocycles. The van der Waals surface area contributed by atoms with Gasteiger partial charge in [0.15, 0.2) is 0 Å². The Balaban J connectivity index is 2.32. The molecule has 0 aliphatic carbocycles. The van der Waals surface area contributed by atoms with E-state index in [4.69, 9.17) is 16.3 Å². The first-order chi connectivity index (χ1) is 9.10. The van der Waals surface area contributed by atoms with Crippen molar-refractivity contribution in [2.75, 3.05) is 7.05 Å². The average Bonchev–Trinajstić information content (AvgIpc) is 2.36. The van der Waals surface area contributed by atoms with Crippen molar-refractivity contribution in [2.24, 2.45) is 0 Å². The number of aryl methyl sites for hydroxylation is 1. The summed E-state index contributed by atoms with van der Waals surface area (Å²) in [5.74, 6) is 1.67. The number of hydrogen-bond donors (Lipinski definition) is 1. The van der Waals surface area contributed by atoms with E-state index in [9.17, 15) is 0 Å². The molecule has 0 unspecified atom stereocenters. The van der Waals surface area contributed by atoms with Crippen molar-refractivity contribution >= 4 is 27.5 Å². The van der Waals surface area contributed by atoms with Gasteiger partial charge < -0.3 is 10.1 Å². The summed E-state index contributed by atoms with van der Waals surface area (Å²) in [4.78, 5) is 0. The minimum absolute atomic E-state index is 0.719. The monoisotopic (exact) mass is 339 g/mol. The molecule has 2 nitrogen and oxygen atoms in total. The maximum Gasteiger partial charge on any atom is 0.132 e. The molecule has 0 amide bonds. The van der Waals surface area contributed by atoms with Crippen LogP contribution in [0.3, 0.4) is 0 Å². The summed E-state index contributed by atoms with van der Waals surface area (Å²) in [6.45, 7) is 2.74. The zero-order chi connectivity index (χ0) is 13.8. The number of halogens is 2. The first-order valence-corrected chi connectivity index (χ1v) is 7.14. The van der Waals surface area contributed by atoms with Crippen molar-refractivity contribution in [3.05, 3.63) is 57.0 Å². The molecule has 19 heavy (non-hydrogen) atoms. The standard InChI is InChI=1S/C15H15BrClNO/c1-10-7-13(17)4-6-14(10)19-15-5-3-12(16)8-11(15)9-18-2/h3-8,18H,9H2,1-2H3. The fourth-order valence-corrected chi connectivity index (χ4v) is 2.46. The molecule has 2 aromatic rings. The van der Waals surface area contributed by atoms with Gasteiger partial charge in [0.25, 0.3) is 0 Å². The van der Waals surface area contributed by atoms with E-state index in [-0.39, 0.29) is 0 Å². The Morgan fingerprint density at radius 1 is 1.16 bits per heavy atom. The predicted octanol–water partition coefficient (Wildman–Crippen LogP) is 4.92. The van der Waals surface area contributed by atoms with Gasteiger partial charge in [0, 0.05) is 21.6 Å². The topological polar surface area (TPSA) is 21.3 Å². The smallest absolute Gasteiger partial charge is 0.132 e. The Kier molecular flexibility index (Phi) is 4.86. The lowest BCUT2D eigenvalue weighted by Crippen LogP contribution is -2.06. The number of nitrogens with one attached hydrogen (secondary N) is 1. The third-order valence-electron chi connectivity index (χ3n) is 2.75. The summed E-state index contributed by atoms with van der Waals surface area (Å²) in [5, 5.41) is 3.86. The molecular formula is C15H15BrClNO. The van der Waals surface area contributed by atoms with Crippen molar-refractivity contribution in [2.45, 2.75) is 13.5 Å². The van der Waals surface area contributed by atoms with E-state index in [2.05, 4.69) is 27.3 Å². The highest BCUT2D eigenvalue weighted by Crippen LogP contribution is 2.31. The normalized spacial score (nSPS) is 10.5. The van der Waals surface area contributed by atoms with Crippen LogP contribution >= 0.6 is 27.5 Å². The van der Waals surface area contributed by atoms with E-state index in [0.29, 0.717) is 0 Å². The van der Waals surface area contributed by atoms with Gasteiger partial charge in [0.1, 0.15) is 11.5 Å². The molecule has 2 aromatic carbocycles. The molecule has 0 fully saturated rings. The molecule has 100 valence electrons. The molecule has 2 rings (SSSR count). The van der Waals surface area contributed by atoms with Crippen LogP contribution in [0.15, 0.2) is 40.9 Å². The minimum Gasteiger partial charge on any atom is -0.457 e. The van der Waals surface area contributed by atoms with Gasteiger partial charge in [0.2, 0.25) is 0 Å². The molecule has 0 bridgehead atoms. The van der Waals surface area contributed by atoms with Crippen LogP contribution in [0.1, 0.15) is 11.1 Å². The van der Waals surface area contributed by atoms with Gasteiger partial charge in [-0.25, -0.2) is 0 Å². The number of rotatable bonds is 4. The fourth-order valence-electron chi connectivity index (χ4n) is 1.82. The number of ether oxygens (including phenoxy) is 1. The molecule has 0 radical (unpaired) electrons. The van der Waals surface area contributed by atoms with Crippen molar-refractivity contribution in [3.8, 4) is 11.5 Å². The summed E-state index contributed by atoms with van der Waals surface area (Å²) < 4.78 is 7.02. The highest BCUT2D eigenvalue weighted by atomic mass is 79.9. The van der Waals surface area contributed by atoms with Crippen LogP contribution in [-0.4, -0.2) is 7.05 Å². The van der Waals surface area contributed by atoms with Crippen molar-refractivity contribution in [1.29, 1.82) is 0 Å². The molecule has 0 aromatic heterocycles. The largest absolute Gasteiger partial charge is 0.457 e. The Labute approximate surface area is 126 Å². The molecule has 0 aliphatic rings. The van der Waals surface area contributed by atoms with E-state index in [1.807, 2.05) is 44.3 Å². The van der Waals surface area contributed by atoms with Crippen molar-refractivity contribution in [1.82, 2.24) is 5.32 Å². The van der Waals surface area contributed by atoms with Gasteiger partial charge in [-0.1, -0.05) is 27.5 Å². The predicted molar refractivity (Wildman–Crippen MR) is 83.2 cm³/mol. The Hall–Kier alpha value is -1.03. The van der Waals surface area contributed by atoms with Gasteiger partial charge in [-0.3, -0.25) is 0 Å². The van der Waals surface area contributed by atoms with Crippen LogP contribution in [0.5, 0.6) is 11.5 Å². The zero-order valence-electron chi connectivity index (χ0n) is 10.8. The average molecular weight is 341 g/mol. The van der Waals surface area contributed by atoms with Crippen LogP contribution < -0.4 is 10.1 Å². The molecule has 1 N–H and O–H groups in total. The van der Waals surface area contributed by atoms with E-state index in [0.717, 1.165) is 38.7 Å². The van der Waals surface area contributed by atoms with Gasteiger partial charge in [-0.15, -0.1) is 0 Å². The number of hydrogen-bond acceptors (Lipinski definition) is 2. The van der Waals surface area contributed by atoms with Gasteiger partial charge >= 0.3 is 0 Å². The molecular weight excluding hydrogens is 326 g/mol. The number of benzene rings is 2. The van der Waals surface area contributed by atoms with E-state index < -0.39 is 0 Å². The van der Waals surface area contributed by atoms with Crippen molar-refractivity contribution < 1.29 is 4.74 Å². The van der Waals surface area contributed by atoms with Crippen LogP contribution in [-0.2, 0) is 6.54 Å². The third-order valence-corrected chi connectivity index (χ3v) is 3.48. The Bertz CT molecular complexity index is 586. The van der Waals surface area contributed by atoms with E-state index in [1.165, 1.54) is 0 Å². The van der Waals surface area contributed by atoms with Gasteiger partial charge in [0.05, 0.1) is 0 Å². The lowest BCUT2D eigenvalue weighted by molar-refractivity contribution is 0.470. The highest BCUT2D eigenvalue weighted by molar-refractivity contribution is 9.10. The SMILES string of the molecule is CNCc1cc(Br)ccc1Oc1ccc(Cl)cc1C. The highest BCUT2D eigenvalue weighted by Gasteiger charge is 2.07. The van der Waals surface area contributed by atoms with Gasteiger partial charge in [-0.05, 0) is 55.9 Å². The summed E-state index contributed by atoms with van der Waals surface area (Å²) in [6, 6.07) is 11.6. The Morgan fingerprint density at radius 2 is 1.89 bits per heavy atom. The maximum absolute atomic E-state index is 5.98. The summed E-state index contributed by atoms with van der Waals surface area (Å²) in [5.41, 5.74) is 2.12. The molecule has 0 heterocycles. The fraction of sp³-hybridized carbons (Fsp3) is 0.200. The molecule has 0 saturated carbocycles. The van der Waals surface area contributed by atoms with E-state index >= 15 is 0 Å². The molecule has 0 spiro atoms.